The average Bonchev–Trinajstić information content (AvgIpc) is 2.89. The lowest BCUT2D eigenvalue weighted by atomic mass is 10.1. The predicted molar refractivity (Wildman–Crippen MR) is 89.1 cm³/mol. The van der Waals surface area contributed by atoms with E-state index in [1.807, 2.05) is 36.2 Å². The molecule has 0 spiro atoms. The molecule has 1 amide bonds. The Morgan fingerprint density at radius 2 is 2.05 bits per heavy atom. The number of benzene rings is 1. The zero-order chi connectivity index (χ0) is 14.1. The summed E-state index contributed by atoms with van der Waals surface area (Å²) in [4.78, 5) is 14.3. The zero-order valence-electron chi connectivity index (χ0n) is 11.8. The fourth-order valence-electron chi connectivity index (χ4n) is 2.65. The SMILES string of the molecule is CN(C(=O)c1cc2cc(Br)ccc2o1)C1CCNCC1.Cl. The maximum Gasteiger partial charge on any atom is 0.289 e. The van der Waals surface area contributed by atoms with Gasteiger partial charge in [0.1, 0.15) is 5.58 Å². The molecule has 0 unspecified atom stereocenters. The van der Waals surface area contributed by atoms with Gasteiger partial charge in [0.05, 0.1) is 0 Å². The van der Waals surface area contributed by atoms with Crippen LogP contribution in [0.15, 0.2) is 33.2 Å². The van der Waals surface area contributed by atoms with Crippen molar-refractivity contribution in [3.63, 3.8) is 0 Å². The van der Waals surface area contributed by atoms with E-state index in [1.54, 1.807) is 0 Å². The summed E-state index contributed by atoms with van der Waals surface area (Å²) in [5, 5.41) is 4.26. The molecule has 1 N–H and O–H groups in total. The standard InChI is InChI=1S/C15H17BrN2O2.ClH/c1-18(12-4-6-17-7-5-12)15(19)14-9-10-8-11(16)2-3-13(10)20-14;/h2-3,8-9,12,17H,4-7H2,1H3;1H. The van der Waals surface area contributed by atoms with Gasteiger partial charge in [0.2, 0.25) is 0 Å². The molecular formula is C15H18BrClN2O2. The molecule has 21 heavy (non-hydrogen) atoms. The van der Waals surface area contributed by atoms with Crippen LogP contribution in [0.3, 0.4) is 0 Å². The summed E-state index contributed by atoms with van der Waals surface area (Å²) in [5.74, 6) is 0.378. The Bertz CT molecular complexity index is 638. The minimum Gasteiger partial charge on any atom is -0.451 e. The molecule has 1 aliphatic rings. The van der Waals surface area contributed by atoms with Crippen LogP contribution < -0.4 is 5.32 Å². The number of hydrogen-bond acceptors (Lipinski definition) is 3. The van der Waals surface area contributed by atoms with Crippen molar-refractivity contribution in [1.29, 1.82) is 0 Å². The first-order chi connectivity index (χ1) is 9.65. The molecule has 1 fully saturated rings. The monoisotopic (exact) mass is 372 g/mol. The molecule has 2 heterocycles. The van der Waals surface area contributed by atoms with Gasteiger partial charge in [-0.2, -0.15) is 0 Å². The first-order valence-corrected chi connectivity index (χ1v) is 7.61. The van der Waals surface area contributed by atoms with Crippen LogP contribution >= 0.6 is 28.3 Å². The Kier molecular flexibility index (Phi) is 5.30. The highest BCUT2D eigenvalue weighted by molar-refractivity contribution is 9.10. The van der Waals surface area contributed by atoms with Gasteiger partial charge in [0.25, 0.3) is 5.91 Å². The van der Waals surface area contributed by atoms with Gasteiger partial charge in [0.15, 0.2) is 5.76 Å². The van der Waals surface area contributed by atoms with E-state index < -0.39 is 0 Å². The van der Waals surface area contributed by atoms with Crippen LogP contribution in [0, 0.1) is 0 Å². The molecule has 0 saturated carbocycles. The summed E-state index contributed by atoms with van der Waals surface area (Å²) in [6, 6.07) is 7.86. The topological polar surface area (TPSA) is 45.5 Å². The molecule has 1 aliphatic heterocycles. The fraction of sp³-hybridized carbons (Fsp3) is 0.400. The summed E-state index contributed by atoms with van der Waals surface area (Å²) in [6.07, 6.45) is 1.99. The molecule has 2 aromatic rings. The molecular weight excluding hydrogens is 356 g/mol. The minimum absolute atomic E-state index is 0. The van der Waals surface area contributed by atoms with E-state index in [2.05, 4.69) is 21.2 Å². The van der Waals surface area contributed by atoms with Gasteiger partial charge in [0, 0.05) is 22.9 Å². The third kappa shape index (κ3) is 3.42. The van der Waals surface area contributed by atoms with Gasteiger partial charge < -0.3 is 14.6 Å². The Morgan fingerprint density at radius 1 is 1.33 bits per heavy atom. The number of furan rings is 1. The molecule has 0 aliphatic carbocycles. The molecule has 4 nitrogen and oxygen atoms in total. The van der Waals surface area contributed by atoms with E-state index >= 15 is 0 Å². The van der Waals surface area contributed by atoms with E-state index in [1.165, 1.54) is 0 Å². The Morgan fingerprint density at radius 3 is 2.76 bits per heavy atom. The van der Waals surface area contributed by atoms with E-state index in [-0.39, 0.29) is 18.3 Å². The number of halogens is 2. The first kappa shape index (κ1) is 16.3. The summed E-state index contributed by atoms with van der Waals surface area (Å²) in [5.41, 5.74) is 0.746. The average molecular weight is 374 g/mol. The number of nitrogens with zero attached hydrogens (tertiary/aromatic N) is 1. The third-order valence-electron chi connectivity index (χ3n) is 3.87. The van der Waals surface area contributed by atoms with E-state index in [9.17, 15) is 4.79 Å². The molecule has 1 saturated heterocycles. The minimum atomic E-state index is -0.0378. The van der Waals surface area contributed by atoms with Crippen molar-refractivity contribution in [3.05, 3.63) is 34.5 Å². The number of fused-ring (bicyclic) bond motifs is 1. The van der Waals surface area contributed by atoms with Crippen LogP contribution in [-0.2, 0) is 0 Å². The summed E-state index contributed by atoms with van der Waals surface area (Å²) in [6.45, 7) is 1.94. The highest BCUT2D eigenvalue weighted by Gasteiger charge is 2.25. The highest BCUT2D eigenvalue weighted by atomic mass is 79.9. The number of carbonyl (C=O) groups is 1. The second-order valence-electron chi connectivity index (χ2n) is 5.19. The fourth-order valence-corrected chi connectivity index (χ4v) is 3.03. The molecule has 1 aromatic heterocycles. The second kappa shape index (κ2) is 6.81. The van der Waals surface area contributed by atoms with Gasteiger partial charge in [-0.15, -0.1) is 12.4 Å². The van der Waals surface area contributed by atoms with Crippen LogP contribution in [0.1, 0.15) is 23.4 Å². The lowest BCUT2D eigenvalue weighted by Crippen LogP contribution is -2.43. The van der Waals surface area contributed by atoms with Crippen molar-refractivity contribution < 1.29 is 9.21 Å². The van der Waals surface area contributed by atoms with Gasteiger partial charge in [-0.25, -0.2) is 0 Å². The van der Waals surface area contributed by atoms with E-state index in [0.29, 0.717) is 11.8 Å². The second-order valence-corrected chi connectivity index (χ2v) is 6.11. The number of piperidine rings is 1. The first-order valence-electron chi connectivity index (χ1n) is 6.82. The van der Waals surface area contributed by atoms with Crippen LogP contribution in [0.25, 0.3) is 11.0 Å². The smallest absolute Gasteiger partial charge is 0.289 e. The van der Waals surface area contributed by atoms with Crippen molar-refractivity contribution in [2.24, 2.45) is 0 Å². The number of nitrogens with one attached hydrogen (secondary N) is 1. The van der Waals surface area contributed by atoms with Crippen LogP contribution in [0.4, 0.5) is 0 Å². The molecule has 114 valence electrons. The van der Waals surface area contributed by atoms with Gasteiger partial charge >= 0.3 is 0 Å². The third-order valence-corrected chi connectivity index (χ3v) is 4.36. The lowest BCUT2D eigenvalue weighted by molar-refractivity contribution is 0.0673. The molecule has 0 radical (unpaired) electrons. The number of amides is 1. The van der Waals surface area contributed by atoms with Crippen molar-refractivity contribution in [2.45, 2.75) is 18.9 Å². The van der Waals surface area contributed by atoms with Crippen molar-refractivity contribution in [2.75, 3.05) is 20.1 Å². The van der Waals surface area contributed by atoms with Crippen LogP contribution in [0.5, 0.6) is 0 Å². The van der Waals surface area contributed by atoms with E-state index in [0.717, 1.165) is 41.4 Å². The van der Waals surface area contributed by atoms with E-state index in [4.69, 9.17) is 4.42 Å². The Balaban J connectivity index is 0.00000161. The Labute approximate surface area is 138 Å². The van der Waals surface area contributed by atoms with Crippen molar-refractivity contribution in [1.82, 2.24) is 10.2 Å². The van der Waals surface area contributed by atoms with Crippen LogP contribution in [0.2, 0.25) is 0 Å². The van der Waals surface area contributed by atoms with Gasteiger partial charge in [-0.1, -0.05) is 15.9 Å². The van der Waals surface area contributed by atoms with Crippen molar-refractivity contribution in [3.8, 4) is 0 Å². The quantitative estimate of drug-likeness (QED) is 0.877. The summed E-state index contributed by atoms with van der Waals surface area (Å²) < 4.78 is 6.65. The predicted octanol–water partition coefficient (Wildman–Crippen LogP) is 3.44. The summed E-state index contributed by atoms with van der Waals surface area (Å²) >= 11 is 3.43. The number of hydrogen-bond donors (Lipinski definition) is 1. The van der Waals surface area contributed by atoms with Gasteiger partial charge in [-0.05, 0) is 50.2 Å². The largest absolute Gasteiger partial charge is 0.451 e. The van der Waals surface area contributed by atoms with Crippen LogP contribution in [-0.4, -0.2) is 37.0 Å². The molecule has 3 rings (SSSR count). The lowest BCUT2D eigenvalue weighted by Gasteiger charge is -2.31. The molecule has 6 heteroatoms. The maximum absolute atomic E-state index is 12.5. The zero-order valence-corrected chi connectivity index (χ0v) is 14.2. The van der Waals surface area contributed by atoms with Gasteiger partial charge in [-0.3, -0.25) is 4.79 Å². The number of carbonyl (C=O) groups excluding carboxylic acids is 1. The Hall–Kier alpha value is -1.04. The summed E-state index contributed by atoms with van der Waals surface area (Å²) in [7, 11) is 1.86. The highest BCUT2D eigenvalue weighted by Crippen LogP contribution is 2.24. The molecule has 0 atom stereocenters. The number of rotatable bonds is 2. The molecule has 1 aromatic carbocycles. The maximum atomic E-state index is 12.5. The normalized spacial score (nSPS) is 15.7. The van der Waals surface area contributed by atoms with Crippen molar-refractivity contribution >= 4 is 45.2 Å². The molecule has 0 bridgehead atoms.